The number of alkyl halides is 3. The van der Waals surface area contributed by atoms with Crippen LogP contribution in [0.5, 0.6) is 5.75 Å². The van der Waals surface area contributed by atoms with Gasteiger partial charge < -0.3 is 14.8 Å². The van der Waals surface area contributed by atoms with Crippen LogP contribution in [0.2, 0.25) is 5.02 Å². The summed E-state index contributed by atoms with van der Waals surface area (Å²) in [5, 5.41) is 1.92. The zero-order valence-corrected chi connectivity index (χ0v) is 19.6. The monoisotopic (exact) mass is 529 g/mol. The number of aromatic nitrogens is 2. The van der Waals surface area contributed by atoms with Crippen molar-refractivity contribution in [3.8, 4) is 17.0 Å². The van der Waals surface area contributed by atoms with E-state index in [1.54, 1.807) is 0 Å². The van der Waals surface area contributed by atoms with Crippen LogP contribution in [0, 0.1) is 18.6 Å². The Morgan fingerprint density at radius 2 is 1.83 bits per heavy atom. The van der Waals surface area contributed by atoms with Crippen molar-refractivity contribution in [3.05, 3.63) is 70.1 Å². The van der Waals surface area contributed by atoms with E-state index in [0.29, 0.717) is 13.0 Å². The number of rotatable bonds is 6. The molecule has 7 nitrogen and oxygen atoms in total. The van der Waals surface area contributed by atoms with Gasteiger partial charge in [-0.25, -0.2) is 23.5 Å². The third-order valence-electron chi connectivity index (χ3n) is 4.88. The maximum absolute atomic E-state index is 15.1. The number of methoxy groups -OCH3 is 1. The minimum Gasteiger partial charge on any atom is -0.480 e. The highest BCUT2D eigenvalue weighted by Gasteiger charge is 2.39. The Kier molecular flexibility index (Phi) is 7.77. The van der Waals surface area contributed by atoms with E-state index in [0.717, 1.165) is 25.4 Å². The van der Waals surface area contributed by atoms with Crippen molar-refractivity contribution in [2.45, 2.75) is 26.1 Å². The number of aryl methyl sites for hydroxylation is 1. The molecular weight excluding hydrogens is 513 g/mol. The van der Waals surface area contributed by atoms with Gasteiger partial charge in [-0.1, -0.05) is 17.7 Å². The minimum absolute atomic E-state index is 0.0564. The van der Waals surface area contributed by atoms with Gasteiger partial charge in [0.15, 0.2) is 11.8 Å². The molecule has 1 N–H and O–H groups in total. The molecule has 1 heterocycles. The lowest BCUT2D eigenvalue weighted by Gasteiger charge is -2.21. The second kappa shape index (κ2) is 10.4. The molecule has 0 fully saturated rings. The topological polar surface area (TPSA) is 90.4 Å². The Balaban J connectivity index is 2.10. The van der Waals surface area contributed by atoms with Crippen LogP contribution in [0.15, 0.2) is 36.5 Å². The van der Waals surface area contributed by atoms with Crippen molar-refractivity contribution in [3.63, 3.8) is 0 Å². The number of nitrogens with one attached hydrogen (secondary N) is 1. The van der Waals surface area contributed by atoms with E-state index in [4.69, 9.17) is 16.3 Å². The number of nitrogens with zero attached hydrogens (tertiary/aromatic N) is 2. The van der Waals surface area contributed by atoms with Crippen LogP contribution in [0.4, 0.5) is 27.6 Å². The van der Waals surface area contributed by atoms with Crippen LogP contribution in [0.1, 0.15) is 33.5 Å². The van der Waals surface area contributed by atoms with Gasteiger partial charge in [0.1, 0.15) is 17.4 Å². The molecule has 0 spiro atoms. The summed E-state index contributed by atoms with van der Waals surface area (Å²) in [6.45, 7) is 2.08. The van der Waals surface area contributed by atoms with Gasteiger partial charge in [-0.15, -0.1) is 0 Å². The quantitative estimate of drug-likeness (QED) is 0.323. The fourth-order valence-electron chi connectivity index (χ4n) is 2.99. The van der Waals surface area contributed by atoms with Crippen LogP contribution >= 0.6 is 11.6 Å². The molecule has 1 amide bonds. The van der Waals surface area contributed by atoms with Crippen molar-refractivity contribution in [2.75, 3.05) is 12.4 Å². The number of carbonyl (C=O) groups excluding carboxylic acids is 2. The summed E-state index contributed by atoms with van der Waals surface area (Å²) >= 11 is 5.88. The first-order valence-electron chi connectivity index (χ1n) is 10.1. The lowest BCUT2D eigenvalue weighted by atomic mass is 10.1. The Morgan fingerprint density at radius 1 is 1.14 bits per heavy atom. The summed E-state index contributed by atoms with van der Waals surface area (Å²) in [6, 6.07) is 4.98. The molecule has 0 aliphatic carbocycles. The van der Waals surface area contributed by atoms with Crippen molar-refractivity contribution in [1.29, 1.82) is 0 Å². The fraction of sp³-hybridized carbons (Fsp3) is 0.217. The van der Waals surface area contributed by atoms with Crippen molar-refractivity contribution < 1.29 is 41.0 Å². The summed E-state index contributed by atoms with van der Waals surface area (Å²) in [6.07, 6.45) is -6.21. The first kappa shape index (κ1) is 26.8. The molecule has 3 rings (SSSR count). The molecule has 0 aliphatic rings. The number of hydrogen-bond acceptors (Lipinski definition) is 6. The molecule has 190 valence electrons. The standard InChI is InChI=1S/C23H17ClF5N3O4/c1-10-19(22(34)35-3)30-9-17(31-10)12-8-18(36-11(2)23(27,28)29)13(7-16(12)26)21(33)32-20-14(24)5-4-6-15(20)25/h4-9,11H,1-3H3,(H,32,33). The number of halogens is 6. The maximum atomic E-state index is 15.1. The summed E-state index contributed by atoms with van der Waals surface area (Å²) in [5.41, 5.74) is -1.74. The number of amides is 1. The van der Waals surface area contributed by atoms with E-state index in [1.807, 2.05) is 0 Å². The Morgan fingerprint density at radius 3 is 2.42 bits per heavy atom. The third-order valence-corrected chi connectivity index (χ3v) is 5.20. The van der Waals surface area contributed by atoms with Gasteiger partial charge in [-0.3, -0.25) is 4.79 Å². The number of para-hydroxylation sites is 1. The average Bonchev–Trinajstić information content (AvgIpc) is 2.81. The smallest absolute Gasteiger partial charge is 0.425 e. The van der Waals surface area contributed by atoms with Gasteiger partial charge in [-0.05, 0) is 38.1 Å². The Bertz CT molecular complexity index is 1310. The van der Waals surface area contributed by atoms with Gasteiger partial charge in [0.05, 0.1) is 41.0 Å². The van der Waals surface area contributed by atoms with Crippen LogP contribution < -0.4 is 10.1 Å². The minimum atomic E-state index is -4.82. The molecule has 1 atom stereocenters. The zero-order chi connectivity index (χ0) is 26.8. The van der Waals surface area contributed by atoms with Gasteiger partial charge in [0.2, 0.25) is 0 Å². The molecule has 2 aromatic carbocycles. The zero-order valence-electron chi connectivity index (χ0n) is 18.8. The number of benzene rings is 2. The molecule has 0 saturated heterocycles. The molecule has 1 aromatic heterocycles. The number of anilines is 1. The summed E-state index contributed by atoms with van der Waals surface area (Å²) < 4.78 is 78.3. The van der Waals surface area contributed by atoms with E-state index < -0.39 is 52.8 Å². The second-order valence-electron chi connectivity index (χ2n) is 7.36. The first-order valence-corrected chi connectivity index (χ1v) is 10.5. The number of ether oxygens (including phenoxy) is 2. The highest BCUT2D eigenvalue weighted by atomic mass is 35.5. The van der Waals surface area contributed by atoms with Crippen LogP contribution in [0.3, 0.4) is 0 Å². The lowest BCUT2D eigenvalue weighted by Crippen LogP contribution is -2.32. The fourth-order valence-corrected chi connectivity index (χ4v) is 3.20. The molecule has 1 unspecified atom stereocenters. The van der Waals surface area contributed by atoms with Crippen LogP contribution in [-0.4, -0.2) is 41.2 Å². The highest BCUT2D eigenvalue weighted by Crippen LogP contribution is 2.34. The number of esters is 1. The van der Waals surface area contributed by atoms with Gasteiger partial charge in [0, 0.05) is 5.56 Å². The third kappa shape index (κ3) is 5.70. The molecule has 13 heteroatoms. The first-order chi connectivity index (χ1) is 16.8. The number of hydrogen-bond donors (Lipinski definition) is 1. The van der Waals surface area contributed by atoms with E-state index in [-0.39, 0.29) is 27.7 Å². The molecular formula is C23H17ClF5N3O4. The SMILES string of the molecule is COC(=O)c1ncc(-c2cc(OC(C)C(F)(F)F)c(C(=O)Nc3c(F)cccc3Cl)cc2F)nc1C. The van der Waals surface area contributed by atoms with Crippen molar-refractivity contribution in [1.82, 2.24) is 9.97 Å². The van der Waals surface area contributed by atoms with Crippen LogP contribution in [-0.2, 0) is 4.74 Å². The predicted molar refractivity (Wildman–Crippen MR) is 119 cm³/mol. The largest absolute Gasteiger partial charge is 0.480 e. The molecule has 3 aromatic rings. The van der Waals surface area contributed by atoms with Gasteiger partial charge in [-0.2, -0.15) is 13.2 Å². The maximum Gasteiger partial charge on any atom is 0.425 e. The van der Waals surface area contributed by atoms with E-state index in [2.05, 4.69) is 20.0 Å². The summed E-state index contributed by atoms with van der Waals surface area (Å²) in [4.78, 5) is 32.5. The van der Waals surface area contributed by atoms with Crippen molar-refractivity contribution in [2.24, 2.45) is 0 Å². The Hall–Kier alpha value is -3.80. The highest BCUT2D eigenvalue weighted by molar-refractivity contribution is 6.34. The lowest BCUT2D eigenvalue weighted by molar-refractivity contribution is -0.189. The van der Waals surface area contributed by atoms with Gasteiger partial charge in [0.25, 0.3) is 5.91 Å². The molecule has 36 heavy (non-hydrogen) atoms. The van der Waals surface area contributed by atoms with E-state index >= 15 is 4.39 Å². The normalized spacial score (nSPS) is 12.1. The van der Waals surface area contributed by atoms with Gasteiger partial charge >= 0.3 is 12.1 Å². The van der Waals surface area contributed by atoms with Crippen molar-refractivity contribution >= 4 is 29.2 Å². The molecule has 0 radical (unpaired) electrons. The van der Waals surface area contributed by atoms with E-state index in [1.165, 1.54) is 19.1 Å². The Labute approximate surface area is 206 Å². The summed E-state index contributed by atoms with van der Waals surface area (Å²) in [7, 11) is 1.13. The predicted octanol–water partition coefficient (Wildman–Crippen LogP) is 5.75. The molecule has 0 aliphatic heterocycles. The average molecular weight is 530 g/mol. The molecule has 0 saturated carbocycles. The second-order valence-corrected chi connectivity index (χ2v) is 7.77. The van der Waals surface area contributed by atoms with E-state index in [9.17, 15) is 27.2 Å². The van der Waals surface area contributed by atoms with Crippen LogP contribution in [0.25, 0.3) is 11.3 Å². The number of carbonyl (C=O) groups is 2. The molecule has 0 bridgehead atoms. The summed E-state index contributed by atoms with van der Waals surface area (Å²) in [5.74, 6) is -4.64.